The van der Waals surface area contributed by atoms with E-state index in [1.165, 1.54) is 11.6 Å². The number of piperazine rings is 1. The maximum Gasteiger partial charge on any atom is 0.243 e. The number of halogens is 1. The smallest absolute Gasteiger partial charge is 0.243 e. The summed E-state index contributed by atoms with van der Waals surface area (Å²) in [5.41, 5.74) is 3.83. The number of nitrogens with one attached hydrogen (secondary N) is 2. The van der Waals surface area contributed by atoms with Crippen molar-refractivity contribution in [2.24, 2.45) is 5.92 Å². The molecular weight excluding hydrogens is 539 g/mol. The molecule has 2 fully saturated rings. The molecule has 2 aliphatic carbocycles. The number of rotatable bonds is 7. The Kier molecular flexibility index (Phi) is 7.99. The standard InChI is InChI=1S/C32H37FN4O3S/c33-27-13-5-6-15-29(27)36-18-20-37(21-19-36)30-17-16-25(34-32(38)24-9-1-2-10-24)22-31(30)41(39,40)35-28-14-7-11-23-8-3-4-12-26(23)28/h3-6,8,12-13,15-17,22,24,28,35H,1-2,7,9-11,14,18-21H2,(H,34,38). The van der Waals surface area contributed by atoms with E-state index < -0.39 is 10.0 Å². The predicted octanol–water partition coefficient (Wildman–Crippen LogP) is 5.64. The molecule has 216 valence electrons. The third-order valence-corrected chi connectivity index (χ3v) is 10.2. The minimum atomic E-state index is -3.95. The van der Waals surface area contributed by atoms with Crippen LogP contribution in [0.25, 0.3) is 0 Å². The number of aryl methyl sites for hydroxylation is 1. The van der Waals surface area contributed by atoms with Crippen molar-refractivity contribution >= 4 is 33.0 Å². The molecule has 1 saturated carbocycles. The van der Waals surface area contributed by atoms with Gasteiger partial charge in [-0.25, -0.2) is 17.5 Å². The highest BCUT2D eigenvalue weighted by Crippen LogP contribution is 2.35. The average molecular weight is 577 g/mol. The lowest BCUT2D eigenvalue weighted by Gasteiger charge is -2.38. The molecule has 1 atom stereocenters. The van der Waals surface area contributed by atoms with Crippen LogP contribution in [0.1, 0.15) is 55.7 Å². The van der Waals surface area contributed by atoms with Crippen LogP contribution < -0.4 is 19.8 Å². The minimum Gasteiger partial charge on any atom is -0.367 e. The highest BCUT2D eigenvalue weighted by molar-refractivity contribution is 7.89. The molecule has 3 aromatic carbocycles. The van der Waals surface area contributed by atoms with Gasteiger partial charge in [0.1, 0.15) is 10.7 Å². The summed E-state index contributed by atoms with van der Waals surface area (Å²) in [6, 6.07) is 19.6. The zero-order valence-corrected chi connectivity index (χ0v) is 24.0. The third kappa shape index (κ3) is 5.97. The number of anilines is 3. The van der Waals surface area contributed by atoms with Crippen molar-refractivity contribution in [3.8, 4) is 0 Å². The molecule has 7 nitrogen and oxygen atoms in total. The second-order valence-electron chi connectivity index (χ2n) is 11.3. The topological polar surface area (TPSA) is 81.8 Å². The van der Waals surface area contributed by atoms with Crippen molar-refractivity contribution in [3.63, 3.8) is 0 Å². The van der Waals surface area contributed by atoms with Crippen LogP contribution in [0.15, 0.2) is 71.6 Å². The van der Waals surface area contributed by atoms with Crippen LogP contribution >= 0.6 is 0 Å². The van der Waals surface area contributed by atoms with Gasteiger partial charge in [0, 0.05) is 43.8 Å². The molecule has 0 aromatic heterocycles. The number of sulfonamides is 1. The molecule has 1 aliphatic heterocycles. The Morgan fingerprint density at radius 2 is 1.49 bits per heavy atom. The van der Waals surface area contributed by atoms with Crippen molar-refractivity contribution in [2.45, 2.75) is 55.9 Å². The molecule has 0 bridgehead atoms. The molecular formula is C32H37FN4O3S. The molecule has 6 rings (SSSR count). The van der Waals surface area contributed by atoms with Gasteiger partial charge >= 0.3 is 0 Å². The fourth-order valence-electron chi connectivity index (χ4n) is 6.52. The Bertz CT molecular complexity index is 1510. The number of para-hydroxylation sites is 1. The van der Waals surface area contributed by atoms with E-state index in [0.29, 0.717) is 43.2 Å². The number of amides is 1. The summed E-state index contributed by atoms with van der Waals surface area (Å²) < 4.78 is 45.6. The van der Waals surface area contributed by atoms with Gasteiger partial charge in [-0.05, 0) is 73.6 Å². The Labute approximate surface area is 241 Å². The van der Waals surface area contributed by atoms with Gasteiger partial charge in [0.15, 0.2) is 0 Å². The third-order valence-electron chi connectivity index (χ3n) is 8.72. The van der Waals surface area contributed by atoms with Gasteiger partial charge < -0.3 is 15.1 Å². The van der Waals surface area contributed by atoms with E-state index in [-0.39, 0.29) is 28.6 Å². The van der Waals surface area contributed by atoms with Crippen LogP contribution in [0.4, 0.5) is 21.5 Å². The Hall–Kier alpha value is -3.43. The lowest BCUT2D eigenvalue weighted by Crippen LogP contribution is -2.47. The lowest BCUT2D eigenvalue weighted by atomic mass is 9.88. The van der Waals surface area contributed by atoms with E-state index in [1.807, 2.05) is 34.1 Å². The maximum atomic E-state index is 14.4. The van der Waals surface area contributed by atoms with Crippen LogP contribution in [0.2, 0.25) is 0 Å². The monoisotopic (exact) mass is 576 g/mol. The molecule has 1 unspecified atom stereocenters. The van der Waals surface area contributed by atoms with E-state index in [4.69, 9.17) is 0 Å². The molecule has 41 heavy (non-hydrogen) atoms. The minimum absolute atomic E-state index is 0.0296. The van der Waals surface area contributed by atoms with Gasteiger partial charge in [0.05, 0.1) is 11.4 Å². The second kappa shape index (κ2) is 11.8. The molecule has 0 radical (unpaired) electrons. The summed E-state index contributed by atoms with van der Waals surface area (Å²) in [7, 11) is -3.95. The molecule has 3 aliphatic rings. The summed E-state index contributed by atoms with van der Waals surface area (Å²) >= 11 is 0. The van der Waals surface area contributed by atoms with Crippen LogP contribution in [-0.4, -0.2) is 40.5 Å². The van der Waals surface area contributed by atoms with E-state index in [1.54, 1.807) is 30.3 Å². The van der Waals surface area contributed by atoms with Crippen LogP contribution in [0, 0.1) is 11.7 Å². The fourth-order valence-corrected chi connectivity index (χ4v) is 8.03. The van der Waals surface area contributed by atoms with Crippen molar-refractivity contribution in [2.75, 3.05) is 41.3 Å². The second-order valence-corrected chi connectivity index (χ2v) is 13.0. The number of fused-ring (bicyclic) bond motifs is 1. The van der Waals surface area contributed by atoms with E-state index in [0.717, 1.165) is 50.5 Å². The van der Waals surface area contributed by atoms with Crippen LogP contribution in [0.5, 0.6) is 0 Å². The average Bonchev–Trinajstić information content (AvgIpc) is 3.53. The first kappa shape index (κ1) is 27.7. The van der Waals surface area contributed by atoms with Crippen molar-refractivity contribution in [3.05, 3.63) is 83.7 Å². The van der Waals surface area contributed by atoms with Gasteiger partial charge in [-0.15, -0.1) is 0 Å². The van der Waals surface area contributed by atoms with Crippen LogP contribution in [-0.2, 0) is 21.2 Å². The number of carbonyl (C=O) groups is 1. The van der Waals surface area contributed by atoms with Gasteiger partial charge in [-0.3, -0.25) is 4.79 Å². The highest BCUT2D eigenvalue weighted by Gasteiger charge is 2.31. The van der Waals surface area contributed by atoms with Gasteiger partial charge in [-0.2, -0.15) is 0 Å². The SMILES string of the molecule is O=C(Nc1ccc(N2CCN(c3ccccc3F)CC2)c(S(=O)(=O)NC2CCCc3ccccc32)c1)C1CCCC1. The first-order valence-corrected chi connectivity index (χ1v) is 16.2. The molecule has 2 N–H and O–H groups in total. The van der Waals surface area contributed by atoms with E-state index >= 15 is 0 Å². The largest absolute Gasteiger partial charge is 0.367 e. The highest BCUT2D eigenvalue weighted by atomic mass is 32.2. The molecule has 1 heterocycles. The van der Waals surface area contributed by atoms with E-state index in [9.17, 15) is 17.6 Å². The Balaban J connectivity index is 1.28. The van der Waals surface area contributed by atoms with Crippen molar-refractivity contribution in [1.82, 2.24) is 4.72 Å². The summed E-state index contributed by atoms with van der Waals surface area (Å²) in [5, 5.41) is 2.98. The van der Waals surface area contributed by atoms with Crippen molar-refractivity contribution in [1.29, 1.82) is 0 Å². The molecule has 3 aromatic rings. The van der Waals surface area contributed by atoms with Gasteiger partial charge in [0.25, 0.3) is 0 Å². The number of benzene rings is 3. The number of nitrogens with zero attached hydrogens (tertiary/aromatic N) is 2. The lowest BCUT2D eigenvalue weighted by molar-refractivity contribution is -0.119. The zero-order valence-electron chi connectivity index (χ0n) is 23.2. The van der Waals surface area contributed by atoms with Crippen LogP contribution in [0.3, 0.4) is 0 Å². The van der Waals surface area contributed by atoms with Gasteiger partial charge in [0.2, 0.25) is 15.9 Å². The van der Waals surface area contributed by atoms with Gasteiger partial charge in [-0.1, -0.05) is 49.2 Å². The first-order chi connectivity index (χ1) is 19.9. The molecule has 1 amide bonds. The van der Waals surface area contributed by atoms with Crippen molar-refractivity contribution < 1.29 is 17.6 Å². The van der Waals surface area contributed by atoms with E-state index in [2.05, 4.69) is 16.1 Å². The summed E-state index contributed by atoms with van der Waals surface area (Å²) in [5.74, 6) is -0.340. The fraction of sp³-hybridized carbons (Fsp3) is 0.406. The maximum absolute atomic E-state index is 14.4. The molecule has 0 spiro atoms. The summed E-state index contributed by atoms with van der Waals surface area (Å²) in [4.78, 5) is 17.1. The predicted molar refractivity (Wildman–Crippen MR) is 160 cm³/mol. The summed E-state index contributed by atoms with van der Waals surface area (Å²) in [6.07, 6.45) is 6.39. The quantitative estimate of drug-likeness (QED) is 0.381. The number of carbonyl (C=O) groups excluding carboxylic acids is 1. The number of hydrogen-bond acceptors (Lipinski definition) is 5. The molecule has 1 saturated heterocycles. The number of hydrogen-bond donors (Lipinski definition) is 2. The first-order valence-electron chi connectivity index (χ1n) is 14.7. The summed E-state index contributed by atoms with van der Waals surface area (Å²) in [6.45, 7) is 2.20. The molecule has 9 heteroatoms. The Morgan fingerprint density at radius 3 is 2.24 bits per heavy atom. The zero-order chi connectivity index (χ0) is 28.4. The normalized spacial score (nSPS) is 19.7. The Morgan fingerprint density at radius 1 is 0.805 bits per heavy atom.